The zero-order chi connectivity index (χ0) is 10.3. The molecule has 0 aliphatic carbocycles. The number of hydrogen-bond donors (Lipinski definition) is 1. The number of hydrogen-bond acceptors (Lipinski definition) is 4. The van der Waals surface area contributed by atoms with Crippen LogP contribution >= 0.6 is 11.3 Å². The summed E-state index contributed by atoms with van der Waals surface area (Å²) in [5.74, 6) is 0.920. The SMILES string of the molecule is Cc1nc2c(OC3CNC3)cccc2s1. The van der Waals surface area contributed by atoms with Crippen LogP contribution in [0.2, 0.25) is 0 Å². The number of thiazole rings is 1. The number of aromatic nitrogens is 1. The maximum Gasteiger partial charge on any atom is 0.146 e. The molecule has 1 aromatic carbocycles. The molecule has 1 saturated heterocycles. The quantitative estimate of drug-likeness (QED) is 0.840. The zero-order valence-corrected chi connectivity index (χ0v) is 9.30. The summed E-state index contributed by atoms with van der Waals surface area (Å²) in [6.07, 6.45) is 0.317. The monoisotopic (exact) mass is 220 g/mol. The first kappa shape index (κ1) is 9.12. The lowest BCUT2D eigenvalue weighted by Crippen LogP contribution is -2.50. The molecule has 0 atom stereocenters. The molecular weight excluding hydrogens is 208 g/mol. The molecular formula is C11H12N2OS. The molecule has 1 fully saturated rings. The third-order valence-electron chi connectivity index (χ3n) is 2.53. The van der Waals surface area contributed by atoms with E-state index in [1.54, 1.807) is 11.3 Å². The number of ether oxygens (including phenoxy) is 1. The molecule has 1 aromatic heterocycles. The zero-order valence-electron chi connectivity index (χ0n) is 8.49. The van der Waals surface area contributed by atoms with Crippen molar-refractivity contribution in [3.8, 4) is 5.75 Å². The van der Waals surface area contributed by atoms with Crippen molar-refractivity contribution >= 4 is 21.6 Å². The van der Waals surface area contributed by atoms with Crippen molar-refractivity contribution in [2.75, 3.05) is 13.1 Å². The third kappa shape index (κ3) is 1.60. The van der Waals surface area contributed by atoms with Gasteiger partial charge in [0, 0.05) is 13.1 Å². The predicted molar refractivity (Wildman–Crippen MR) is 61.6 cm³/mol. The minimum atomic E-state index is 0.317. The van der Waals surface area contributed by atoms with E-state index in [1.165, 1.54) is 4.70 Å². The van der Waals surface area contributed by atoms with Gasteiger partial charge in [0.05, 0.1) is 9.71 Å². The summed E-state index contributed by atoms with van der Waals surface area (Å²) in [5, 5.41) is 4.28. The van der Waals surface area contributed by atoms with Gasteiger partial charge in [-0.1, -0.05) is 6.07 Å². The fourth-order valence-electron chi connectivity index (χ4n) is 1.65. The van der Waals surface area contributed by atoms with Crippen LogP contribution in [0, 0.1) is 6.92 Å². The Morgan fingerprint density at radius 2 is 2.33 bits per heavy atom. The second kappa shape index (κ2) is 3.47. The van der Waals surface area contributed by atoms with Crippen LogP contribution in [0.4, 0.5) is 0 Å². The van der Waals surface area contributed by atoms with Gasteiger partial charge in [-0.2, -0.15) is 0 Å². The van der Waals surface area contributed by atoms with Crippen LogP contribution in [0.25, 0.3) is 10.2 Å². The van der Waals surface area contributed by atoms with Crippen molar-refractivity contribution in [3.05, 3.63) is 23.2 Å². The summed E-state index contributed by atoms with van der Waals surface area (Å²) in [6, 6.07) is 6.12. The Balaban J connectivity index is 2.00. The van der Waals surface area contributed by atoms with Crippen molar-refractivity contribution < 1.29 is 4.74 Å². The van der Waals surface area contributed by atoms with Gasteiger partial charge in [0.15, 0.2) is 0 Å². The number of nitrogens with zero attached hydrogens (tertiary/aromatic N) is 1. The number of aryl methyl sites for hydroxylation is 1. The summed E-state index contributed by atoms with van der Waals surface area (Å²) in [4.78, 5) is 4.50. The molecule has 0 unspecified atom stereocenters. The molecule has 3 rings (SSSR count). The van der Waals surface area contributed by atoms with Crippen LogP contribution < -0.4 is 10.1 Å². The maximum atomic E-state index is 5.86. The molecule has 1 N–H and O–H groups in total. The van der Waals surface area contributed by atoms with Crippen molar-refractivity contribution in [1.29, 1.82) is 0 Å². The highest BCUT2D eigenvalue weighted by atomic mass is 32.1. The Morgan fingerprint density at radius 3 is 3.07 bits per heavy atom. The molecule has 0 saturated carbocycles. The van der Waals surface area contributed by atoms with E-state index in [2.05, 4.69) is 16.4 Å². The molecule has 0 spiro atoms. The first-order chi connectivity index (χ1) is 7.33. The van der Waals surface area contributed by atoms with Crippen LogP contribution in [0.3, 0.4) is 0 Å². The predicted octanol–water partition coefficient (Wildman–Crippen LogP) is 1.96. The molecule has 3 nitrogen and oxygen atoms in total. The molecule has 2 aromatic rings. The third-order valence-corrected chi connectivity index (χ3v) is 3.46. The average molecular weight is 220 g/mol. The van der Waals surface area contributed by atoms with E-state index >= 15 is 0 Å². The Morgan fingerprint density at radius 1 is 1.47 bits per heavy atom. The number of nitrogens with one attached hydrogen (secondary N) is 1. The summed E-state index contributed by atoms with van der Waals surface area (Å²) in [7, 11) is 0. The van der Waals surface area contributed by atoms with Gasteiger partial charge in [-0.25, -0.2) is 4.98 Å². The molecule has 0 bridgehead atoms. The molecule has 2 heterocycles. The van der Waals surface area contributed by atoms with Crippen LogP contribution in [0.5, 0.6) is 5.75 Å². The fourth-order valence-corrected chi connectivity index (χ4v) is 2.50. The van der Waals surface area contributed by atoms with Gasteiger partial charge in [0.1, 0.15) is 17.4 Å². The van der Waals surface area contributed by atoms with E-state index in [4.69, 9.17) is 4.74 Å². The van der Waals surface area contributed by atoms with Gasteiger partial charge in [0.2, 0.25) is 0 Å². The number of benzene rings is 1. The Bertz CT molecular complexity index is 490. The number of fused-ring (bicyclic) bond motifs is 1. The summed E-state index contributed by atoms with van der Waals surface area (Å²) in [6.45, 7) is 3.92. The minimum Gasteiger partial charge on any atom is -0.485 e. The topological polar surface area (TPSA) is 34.1 Å². The molecule has 1 aliphatic heterocycles. The first-order valence-electron chi connectivity index (χ1n) is 5.06. The highest BCUT2D eigenvalue weighted by Crippen LogP contribution is 2.30. The molecule has 15 heavy (non-hydrogen) atoms. The van der Waals surface area contributed by atoms with Gasteiger partial charge in [-0.3, -0.25) is 0 Å². The second-order valence-electron chi connectivity index (χ2n) is 3.73. The first-order valence-corrected chi connectivity index (χ1v) is 5.88. The standard InChI is InChI=1S/C11H12N2OS/c1-7-13-11-9(14-8-5-12-6-8)3-2-4-10(11)15-7/h2-4,8,12H,5-6H2,1H3. The smallest absolute Gasteiger partial charge is 0.146 e. The van der Waals surface area contributed by atoms with Gasteiger partial charge >= 0.3 is 0 Å². The number of para-hydroxylation sites is 1. The van der Waals surface area contributed by atoms with Gasteiger partial charge in [-0.05, 0) is 19.1 Å². The molecule has 78 valence electrons. The van der Waals surface area contributed by atoms with E-state index in [9.17, 15) is 0 Å². The molecule has 1 aliphatic rings. The van der Waals surface area contributed by atoms with Crippen molar-refractivity contribution in [1.82, 2.24) is 10.3 Å². The Labute approximate surface area is 92.1 Å². The molecule has 0 amide bonds. The van der Waals surface area contributed by atoms with Crippen molar-refractivity contribution in [3.63, 3.8) is 0 Å². The van der Waals surface area contributed by atoms with Crippen molar-refractivity contribution in [2.45, 2.75) is 13.0 Å². The second-order valence-corrected chi connectivity index (χ2v) is 4.97. The van der Waals surface area contributed by atoms with Gasteiger partial charge in [0.25, 0.3) is 0 Å². The van der Waals surface area contributed by atoms with E-state index < -0.39 is 0 Å². The summed E-state index contributed by atoms with van der Waals surface area (Å²) in [5.41, 5.74) is 1.01. The average Bonchev–Trinajstić information content (AvgIpc) is 2.52. The lowest BCUT2D eigenvalue weighted by Gasteiger charge is -2.27. The molecule has 0 radical (unpaired) electrons. The van der Waals surface area contributed by atoms with E-state index in [-0.39, 0.29) is 0 Å². The lowest BCUT2D eigenvalue weighted by molar-refractivity contribution is 0.144. The Hall–Kier alpha value is -1.13. The van der Waals surface area contributed by atoms with Crippen LogP contribution in [-0.4, -0.2) is 24.2 Å². The largest absolute Gasteiger partial charge is 0.485 e. The number of rotatable bonds is 2. The highest BCUT2D eigenvalue weighted by molar-refractivity contribution is 7.18. The van der Waals surface area contributed by atoms with Crippen molar-refractivity contribution in [2.24, 2.45) is 0 Å². The van der Waals surface area contributed by atoms with E-state index in [0.717, 1.165) is 29.4 Å². The van der Waals surface area contributed by atoms with Gasteiger partial charge in [-0.15, -0.1) is 11.3 Å². The molecule has 4 heteroatoms. The lowest BCUT2D eigenvalue weighted by atomic mass is 10.2. The van der Waals surface area contributed by atoms with Crippen LogP contribution in [-0.2, 0) is 0 Å². The normalized spacial score (nSPS) is 16.6. The highest BCUT2D eigenvalue weighted by Gasteiger charge is 2.19. The van der Waals surface area contributed by atoms with E-state index in [0.29, 0.717) is 6.10 Å². The maximum absolute atomic E-state index is 5.86. The fraction of sp³-hybridized carbons (Fsp3) is 0.364. The van der Waals surface area contributed by atoms with Gasteiger partial charge < -0.3 is 10.1 Å². The van der Waals surface area contributed by atoms with E-state index in [1.807, 2.05) is 19.1 Å². The summed E-state index contributed by atoms with van der Waals surface area (Å²) < 4.78 is 7.06. The van der Waals surface area contributed by atoms with Crippen LogP contribution in [0.1, 0.15) is 5.01 Å². The Kier molecular flexibility index (Phi) is 2.11. The van der Waals surface area contributed by atoms with Crippen LogP contribution in [0.15, 0.2) is 18.2 Å². The summed E-state index contributed by atoms with van der Waals surface area (Å²) >= 11 is 1.71. The minimum absolute atomic E-state index is 0.317.